The summed E-state index contributed by atoms with van der Waals surface area (Å²) in [7, 11) is -3.90. The summed E-state index contributed by atoms with van der Waals surface area (Å²) in [4.78, 5) is 1.97. The fourth-order valence-corrected chi connectivity index (χ4v) is 4.65. The molecule has 0 bridgehead atoms. The first-order valence-corrected chi connectivity index (χ1v) is 10.4. The molecule has 0 amide bonds. The zero-order valence-electron chi connectivity index (χ0n) is 15.9. The molecule has 0 radical (unpaired) electrons. The Morgan fingerprint density at radius 2 is 1.71 bits per heavy atom. The lowest BCUT2D eigenvalue weighted by molar-refractivity contribution is -0.137. The summed E-state index contributed by atoms with van der Waals surface area (Å²) in [6.45, 7) is 7.12. The second kappa shape index (κ2) is 7.08. The number of hydrogen-bond acceptors (Lipinski definition) is 3. The molecule has 1 heterocycles. The highest BCUT2D eigenvalue weighted by Gasteiger charge is 2.37. The molecule has 152 valence electrons. The van der Waals surface area contributed by atoms with Gasteiger partial charge in [-0.25, -0.2) is 13.1 Å². The SMILES string of the molecule is CC(CNS(=O)(=O)c1ccc(C(F)(F)F)cc1)N1CC(C)(C)c2ccccc21. The zero-order chi connectivity index (χ0) is 20.7. The minimum atomic E-state index is -4.50. The lowest BCUT2D eigenvalue weighted by Gasteiger charge is -2.29. The molecule has 28 heavy (non-hydrogen) atoms. The molecule has 0 saturated heterocycles. The Hall–Kier alpha value is -2.06. The van der Waals surface area contributed by atoms with E-state index >= 15 is 0 Å². The maximum atomic E-state index is 12.7. The molecule has 0 aliphatic carbocycles. The Bertz CT molecular complexity index is 954. The summed E-state index contributed by atoms with van der Waals surface area (Å²) in [5.41, 5.74) is 1.37. The van der Waals surface area contributed by atoms with Gasteiger partial charge < -0.3 is 4.90 Å². The Kier molecular flexibility index (Phi) is 5.22. The third-order valence-corrected chi connectivity index (χ3v) is 6.54. The van der Waals surface area contributed by atoms with Crippen molar-refractivity contribution < 1.29 is 21.6 Å². The highest BCUT2D eigenvalue weighted by molar-refractivity contribution is 7.89. The number of hydrogen-bond donors (Lipinski definition) is 1. The number of sulfonamides is 1. The molecule has 1 aliphatic heterocycles. The summed E-state index contributed by atoms with van der Waals surface area (Å²) < 4.78 is 65.4. The van der Waals surface area contributed by atoms with Crippen molar-refractivity contribution in [2.45, 2.75) is 43.3 Å². The van der Waals surface area contributed by atoms with E-state index in [4.69, 9.17) is 0 Å². The number of anilines is 1. The summed E-state index contributed by atoms with van der Waals surface area (Å²) in [6.07, 6.45) is -4.50. The van der Waals surface area contributed by atoms with Crippen molar-refractivity contribution in [3.05, 3.63) is 59.7 Å². The van der Waals surface area contributed by atoms with Gasteiger partial charge >= 0.3 is 6.18 Å². The average Bonchev–Trinajstić information content (AvgIpc) is 2.91. The Labute approximate surface area is 163 Å². The van der Waals surface area contributed by atoms with Crippen molar-refractivity contribution in [3.8, 4) is 0 Å². The number of halogens is 3. The minimum absolute atomic E-state index is 0.0445. The van der Waals surface area contributed by atoms with Gasteiger partial charge in [0.1, 0.15) is 0 Å². The van der Waals surface area contributed by atoms with Crippen LogP contribution in [0, 0.1) is 0 Å². The summed E-state index contributed by atoms with van der Waals surface area (Å²) >= 11 is 0. The molecule has 1 atom stereocenters. The van der Waals surface area contributed by atoms with Gasteiger partial charge in [-0.1, -0.05) is 32.0 Å². The highest BCUT2D eigenvalue weighted by Crippen LogP contribution is 2.41. The van der Waals surface area contributed by atoms with E-state index in [9.17, 15) is 21.6 Å². The summed E-state index contributed by atoms with van der Waals surface area (Å²) in [6, 6.07) is 11.4. The van der Waals surface area contributed by atoms with Crippen LogP contribution in [0.25, 0.3) is 0 Å². The predicted molar refractivity (Wildman–Crippen MR) is 103 cm³/mol. The maximum Gasteiger partial charge on any atom is 0.416 e. The first-order valence-electron chi connectivity index (χ1n) is 8.95. The fourth-order valence-electron chi connectivity index (χ4n) is 3.53. The van der Waals surface area contributed by atoms with Crippen molar-refractivity contribution >= 4 is 15.7 Å². The van der Waals surface area contributed by atoms with E-state index in [1.54, 1.807) is 0 Å². The molecule has 2 aromatic rings. The predicted octanol–water partition coefficient (Wildman–Crippen LogP) is 4.17. The normalized spacial score (nSPS) is 17.4. The standard InChI is InChI=1S/C20H23F3N2O2S/c1-14(25-13-19(2,3)17-6-4-5-7-18(17)25)12-24-28(26,27)16-10-8-15(9-11-16)20(21,22)23/h4-11,14,24H,12-13H2,1-3H3. The number of para-hydroxylation sites is 1. The zero-order valence-corrected chi connectivity index (χ0v) is 16.7. The van der Waals surface area contributed by atoms with Crippen LogP contribution < -0.4 is 9.62 Å². The smallest absolute Gasteiger partial charge is 0.366 e. The van der Waals surface area contributed by atoms with Crippen LogP contribution in [0.5, 0.6) is 0 Å². The molecular weight excluding hydrogens is 389 g/mol. The molecule has 1 N–H and O–H groups in total. The quantitative estimate of drug-likeness (QED) is 0.802. The van der Waals surface area contributed by atoms with Gasteiger partial charge in [0.25, 0.3) is 0 Å². The highest BCUT2D eigenvalue weighted by atomic mass is 32.2. The number of alkyl halides is 3. The van der Waals surface area contributed by atoms with Crippen molar-refractivity contribution in [1.29, 1.82) is 0 Å². The van der Waals surface area contributed by atoms with Crippen LogP contribution in [0.1, 0.15) is 31.9 Å². The Balaban J connectivity index is 1.71. The van der Waals surface area contributed by atoms with Gasteiger partial charge in [0.2, 0.25) is 10.0 Å². The molecule has 8 heteroatoms. The van der Waals surface area contributed by atoms with E-state index < -0.39 is 21.8 Å². The van der Waals surface area contributed by atoms with Crippen LogP contribution in [-0.2, 0) is 21.6 Å². The van der Waals surface area contributed by atoms with E-state index in [1.807, 2.05) is 25.1 Å². The second-order valence-electron chi connectivity index (χ2n) is 7.75. The lowest BCUT2D eigenvalue weighted by Crippen LogP contribution is -2.43. The van der Waals surface area contributed by atoms with Crippen molar-refractivity contribution in [2.24, 2.45) is 0 Å². The third-order valence-electron chi connectivity index (χ3n) is 5.10. The first kappa shape index (κ1) is 20.7. The van der Waals surface area contributed by atoms with E-state index in [-0.39, 0.29) is 22.9 Å². The molecule has 0 aromatic heterocycles. The Morgan fingerprint density at radius 3 is 2.32 bits per heavy atom. The molecule has 0 saturated carbocycles. The van der Waals surface area contributed by atoms with Crippen LogP contribution in [0.3, 0.4) is 0 Å². The molecular formula is C20H23F3N2O2S. The average molecular weight is 412 g/mol. The molecule has 0 spiro atoms. The number of rotatable bonds is 5. The molecule has 1 aliphatic rings. The molecule has 4 nitrogen and oxygen atoms in total. The lowest BCUT2D eigenvalue weighted by atomic mass is 9.87. The monoisotopic (exact) mass is 412 g/mol. The number of benzene rings is 2. The van der Waals surface area contributed by atoms with Crippen LogP contribution in [0.4, 0.5) is 18.9 Å². The minimum Gasteiger partial charge on any atom is -0.366 e. The number of fused-ring (bicyclic) bond motifs is 1. The van der Waals surface area contributed by atoms with Gasteiger partial charge in [-0.3, -0.25) is 0 Å². The Morgan fingerprint density at radius 1 is 1.11 bits per heavy atom. The summed E-state index contributed by atoms with van der Waals surface area (Å²) in [5.74, 6) is 0. The van der Waals surface area contributed by atoms with Gasteiger partial charge in [-0.2, -0.15) is 13.2 Å². The van der Waals surface area contributed by atoms with Crippen molar-refractivity contribution in [1.82, 2.24) is 4.72 Å². The van der Waals surface area contributed by atoms with Crippen LogP contribution >= 0.6 is 0 Å². The van der Waals surface area contributed by atoms with E-state index in [2.05, 4.69) is 29.5 Å². The topological polar surface area (TPSA) is 49.4 Å². The van der Waals surface area contributed by atoms with Gasteiger partial charge in [-0.15, -0.1) is 0 Å². The van der Waals surface area contributed by atoms with Gasteiger partial charge in [0.15, 0.2) is 0 Å². The second-order valence-corrected chi connectivity index (χ2v) is 9.52. The summed E-state index contributed by atoms with van der Waals surface area (Å²) in [5, 5.41) is 0. The van der Waals surface area contributed by atoms with Gasteiger partial charge in [0, 0.05) is 30.2 Å². The molecule has 2 aromatic carbocycles. The third kappa shape index (κ3) is 4.03. The van der Waals surface area contributed by atoms with E-state index in [1.165, 1.54) is 5.56 Å². The van der Waals surface area contributed by atoms with Crippen LogP contribution in [0.2, 0.25) is 0 Å². The van der Waals surface area contributed by atoms with Crippen molar-refractivity contribution in [3.63, 3.8) is 0 Å². The van der Waals surface area contributed by atoms with E-state index in [0.717, 1.165) is 36.5 Å². The van der Waals surface area contributed by atoms with Crippen LogP contribution in [0.15, 0.2) is 53.4 Å². The van der Waals surface area contributed by atoms with Crippen LogP contribution in [-0.4, -0.2) is 27.5 Å². The first-order chi connectivity index (χ1) is 12.9. The maximum absolute atomic E-state index is 12.7. The largest absolute Gasteiger partial charge is 0.416 e. The number of nitrogens with one attached hydrogen (secondary N) is 1. The van der Waals surface area contributed by atoms with E-state index in [0.29, 0.717) is 0 Å². The fraction of sp³-hybridized carbons (Fsp3) is 0.400. The van der Waals surface area contributed by atoms with Gasteiger partial charge in [0.05, 0.1) is 10.5 Å². The molecule has 3 rings (SSSR count). The van der Waals surface area contributed by atoms with Gasteiger partial charge in [-0.05, 0) is 42.8 Å². The molecule has 1 unspecified atom stereocenters. The number of nitrogens with zero attached hydrogens (tertiary/aromatic N) is 1. The molecule has 0 fully saturated rings. The van der Waals surface area contributed by atoms with Crippen molar-refractivity contribution in [2.75, 3.05) is 18.0 Å².